The van der Waals surface area contributed by atoms with Crippen LogP contribution in [0.2, 0.25) is 0 Å². The molecule has 1 saturated carbocycles. The number of rotatable bonds is 3. The van der Waals surface area contributed by atoms with Gasteiger partial charge in [0.1, 0.15) is 11.2 Å². The summed E-state index contributed by atoms with van der Waals surface area (Å²) >= 11 is 0. The van der Waals surface area contributed by atoms with E-state index >= 15 is 0 Å². The highest BCUT2D eigenvalue weighted by Gasteiger charge is 2.39. The molecule has 8 heteroatoms. The average molecular weight is 401 g/mol. The third kappa shape index (κ3) is 2.78. The maximum absolute atomic E-state index is 13.3. The Kier molecular flexibility index (Phi) is 4.10. The van der Waals surface area contributed by atoms with Crippen molar-refractivity contribution in [3.63, 3.8) is 0 Å². The normalized spacial score (nSPS) is 23.9. The lowest BCUT2D eigenvalue weighted by Crippen LogP contribution is -2.36. The fourth-order valence-corrected chi connectivity index (χ4v) is 5.96. The molecular weight excluding hydrogens is 376 g/mol. The first-order valence-electron chi connectivity index (χ1n) is 9.93. The Morgan fingerprint density at radius 1 is 1.21 bits per heavy atom. The molecule has 2 aliphatic heterocycles. The maximum Gasteiger partial charge on any atom is 0.274 e. The predicted molar refractivity (Wildman–Crippen MR) is 104 cm³/mol. The van der Waals surface area contributed by atoms with Gasteiger partial charge in [0, 0.05) is 19.1 Å². The minimum atomic E-state index is -3.62. The maximum atomic E-state index is 13.3. The topological polar surface area (TPSA) is 75.5 Å². The van der Waals surface area contributed by atoms with Gasteiger partial charge in [0.25, 0.3) is 5.91 Å². The molecule has 1 atom stereocenters. The van der Waals surface area contributed by atoms with E-state index in [1.807, 2.05) is 11.0 Å². The molecule has 1 aromatic carbocycles. The number of hydrogen-bond acceptors (Lipinski definition) is 4. The number of fused-ring (bicyclic) bond motifs is 3. The zero-order valence-electron chi connectivity index (χ0n) is 15.9. The molecule has 148 valence electrons. The third-order valence-electron chi connectivity index (χ3n) is 6.11. The summed E-state index contributed by atoms with van der Waals surface area (Å²) in [5.41, 5.74) is 1.61. The minimum absolute atomic E-state index is 0.0955. The summed E-state index contributed by atoms with van der Waals surface area (Å²) < 4.78 is 30.0. The molecule has 5 rings (SSSR count). The Hall–Kier alpha value is -2.19. The van der Waals surface area contributed by atoms with Crippen LogP contribution in [0.3, 0.4) is 0 Å². The molecule has 1 aliphatic carbocycles. The number of carbonyl (C=O) groups is 1. The summed E-state index contributed by atoms with van der Waals surface area (Å²) in [6, 6.07) is 7.17. The van der Waals surface area contributed by atoms with Crippen LogP contribution in [-0.2, 0) is 16.6 Å². The molecular formula is C20H24N4O3S. The van der Waals surface area contributed by atoms with Crippen LogP contribution < -0.4 is 0 Å². The SMILES string of the molecule is C[C@H]1CCCN1C(=O)c1ncn2c1CN(CC1CC1)S(=O)(=O)c1ccccc1-2. The van der Waals surface area contributed by atoms with E-state index in [1.54, 1.807) is 29.1 Å². The van der Waals surface area contributed by atoms with Crippen LogP contribution >= 0.6 is 0 Å². The summed E-state index contributed by atoms with van der Waals surface area (Å²) in [6.07, 6.45) is 5.70. The number of likely N-dealkylation sites (tertiary alicyclic amines) is 1. The molecule has 1 amide bonds. The van der Waals surface area contributed by atoms with Crippen molar-refractivity contribution in [3.8, 4) is 5.69 Å². The molecule has 3 aliphatic rings. The van der Waals surface area contributed by atoms with Gasteiger partial charge in [-0.3, -0.25) is 9.36 Å². The Morgan fingerprint density at radius 2 is 2.00 bits per heavy atom. The van der Waals surface area contributed by atoms with E-state index in [1.165, 1.54) is 4.31 Å². The van der Waals surface area contributed by atoms with Gasteiger partial charge in [-0.25, -0.2) is 13.4 Å². The lowest BCUT2D eigenvalue weighted by molar-refractivity contribution is 0.0740. The molecule has 7 nitrogen and oxygen atoms in total. The van der Waals surface area contributed by atoms with Crippen LogP contribution in [0.15, 0.2) is 35.5 Å². The fraction of sp³-hybridized carbons (Fsp3) is 0.500. The second-order valence-electron chi connectivity index (χ2n) is 8.11. The Balaban J connectivity index is 1.64. The Morgan fingerprint density at radius 3 is 2.71 bits per heavy atom. The smallest absolute Gasteiger partial charge is 0.274 e. The van der Waals surface area contributed by atoms with Crippen molar-refractivity contribution in [2.75, 3.05) is 13.1 Å². The number of amides is 1. The van der Waals surface area contributed by atoms with Crippen LogP contribution in [0.5, 0.6) is 0 Å². The first-order chi connectivity index (χ1) is 13.5. The first kappa shape index (κ1) is 17.9. The van der Waals surface area contributed by atoms with Crippen molar-refractivity contribution in [2.24, 2.45) is 5.92 Å². The fourth-order valence-electron chi connectivity index (χ4n) is 4.30. The monoisotopic (exact) mass is 400 g/mol. The van der Waals surface area contributed by atoms with Gasteiger partial charge in [-0.05, 0) is 50.7 Å². The van der Waals surface area contributed by atoms with Gasteiger partial charge in [-0.1, -0.05) is 12.1 Å². The van der Waals surface area contributed by atoms with Gasteiger partial charge >= 0.3 is 0 Å². The van der Waals surface area contributed by atoms with E-state index in [0.717, 1.165) is 32.2 Å². The quantitative estimate of drug-likeness (QED) is 0.793. The molecule has 3 heterocycles. The Bertz CT molecular complexity index is 1040. The van der Waals surface area contributed by atoms with Crippen molar-refractivity contribution in [1.82, 2.24) is 18.8 Å². The largest absolute Gasteiger partial charge is 0.335 e. The number of aromatic nitrogens is 2. The number of hydrogen-bond donors (Lipinski definition) is 0. The predicted octanol–water partition coefficient (Wildman–Crippen LogP) is 2.41. The van der Waals surface area contributed by atoms with Crippen molar-refractivity contribution in [3.05, 3.63) is 42.0 Å². The van der Waals surface area contributed by atoms with Gasteiger partial charge in [-0.2, -0.15) is 4.31 Å². The van der Waals surface area contributed by atoms with Crippen LogP contribution in [0, 0.1) is 5.92 Å². The van der Waals surface area contributed by atoms with Crippen molar-refractivity contribution < 1.29 is 13.2 Å². The third-order valence-corrected chi connectivity index (χ3v) is 7.97. The lowest BCUT2D eigenvalue weighted by Gasteiger charge is -2.22. The highest BCUT2D eigenvalue weighted by molar-refractivity contribution is 7.89. The second kappa shape index (κ2) is 6.42. The van der Waals surface area contributed by atoms with Gasteiger partial charge in [0.2, 0.25) is 10.0 Å². The van der Waals surface area contributed by atoms with Crippen LogP contribution in [0.1, 0.15) is 48.8 Å². The van der Waals surface area contributed by atoms with E-state index < -0.39 is 10.0 Å². The highest BCUT2D eigenvalue weighted by Crippen LogP contribution is 2.36. The van der Waals surface area contributed by atoms with Crippen molar-refractivity contribution >= 4 is 15.9 Å². The summed E-state index contributed by atoms with van der Waals surface area (Å²) in [5, 5.41) is 0. The van der Waals surface area contributed by atoms with E-state index in [0.29, 0.717) is 29.5 Å². The minimum Gasteiger partial charge on any atom is -0.335 e. The number of nitrogens with zero attached hydrogens (tertiary/aromatic N) is 4. The number of benzene rings is 1. The summed E-state index contributed by atoms with van der Waals surface area (Å²) in [7, 11) is -3.62. The van der Waals surface area contributed by atoms with E-state index in [2.05, 4.69) is 11.9 Å². The van der Waals surface area contributed by atoms with Gasteiger partial charge in [0.15, 0.2) is 5.69 Å². The highest BCUT2D eigenvalue weighted by atomic mass is 32.2. The molecule has 0 unspecified atom stereocenters. The van der Waals surface area contributed by atoms with Crippen molar-refractivity contribution in [1.29, 1.82) is 0 Å². The first-order valence-corrected chi connectivity index (χ1v) is 11.4. The van der Waals surface area contributed by atoms with E-state index in [4.69, 9.17) is 0 Å². The molecule has 0 radical (unpaired) electrons. The van der Waals surface area contributed by atoms with Gasteiger partial charge < -0.3 is 4.90 Å². The number of carbonyl (C=O) groups excluding carboxylic acids is 1. The molecule has 1 saturated heterocycles. The van der Waals surface area contributed by atoms with Gasteiger partial charge in [-0.15, -0.1) is 0 Å². The van der Waals surface area contributed by atoms with Crippen LogP contribution in [0.25, 0.3) is 5.69 Å². The number of sulfonamides is 1. The second-order valence-corrected chi connectivity index (χ2v) is 10.0. The van der Waals surface area contributed by atoms with Gasteiger partial charge in [0.05, 0.1) is 17.9 Å². The number of para-hydroxylation sites is 1. The summed E-state index contributed by atoms with van der Waals surface area (Å²) in [5.74, 6) is 0.316. The van der Waals surface area contributed by atoms with E-state index in [-0.39, 0.29) is 23.4 Å². The standard InChI is InChI=1S/C20H24N4O3S/c1-14-5-4-10-23(14)20(25)19-17-12-22(11-15-8-9-15)28(26,27)18-7-3-2-6-16(18)24(17)13-21-19/h2-3,6-7,13-15H,4-5,8-12H2,1H3/t14-/m0/s1. The molecule has 0 spiro atoms. The van der Waals surface area contributed by atoms with Crippen LogP contribution in [-0.4, -0.2) is 52.2 Å². The van der Waals surface area contributed by atoms with Crippen LogP contribution in [0.4, 0.5) is 0 Å². The molecule has 0 N–H and O–H groups in total. The van der Waals surface area contributed by atoms with Crippen molar-refractivity contribution in [2.45, 2.75) is 50.1 Å². The zero-order chi connectivity index (χ0) is 19.5. The average Bonchev–Trinajstić information content (AvgIpc) is 3.26. The Labute approximate surface area is 165 Å². The molecule has 0 bridgehead atoms. The number of imidazole rings is 1. The summed E-state index contributed by atoms with van der Waals surface area (Å²) in [6.45, 7) is 3.46. The molecule has 2 aromatic rings. The molecule has 2 fully saturated rings. The zero-order valence-corrected chi connectivity index (χ0v) is 16.7. The lowest BCUT2D eigenvalue weighted by atomic mass is 10.2. The molecule has 1 aromatic heterocycles. The van der Waals surface area contributed by atoms with E-state index in [9.17, 15) is 13.2 Å². The summed E-state index contributed by atoms with van der Waals surface area (Å²) in [4.78, 5) is 19.8. The molecule has 28 heavy (non-hydrogen) atoms.